The first-order chi connectivity index (χ1) is 5.25. The third-order valence-corrected chi connectivity index (χ3v) is 1.69. The summed E-state index contributed by atoms with van der Waals surface area (Å²) in [4.78, 5) is 0. The van der Waals surface area contributed by atoms with Crippen molar-refractivity contribution < 1.29 is 4.42 Å². The van der Waals surface area contributed by atoms with Crippen LogP contribution in [0, 0.1) is 6.92 Å². The molecule has 0 fully saturated rings. The lowest BCUT2D eigenvalue weighted by Gasteiger charge is -1.88. The summed E-state index contributed by atoms with van der Waals surface area (Å²) in [6.45, 7) is 2.04. The molecule has 0 saturated heterocycles. The van der Waals surface area contributed by atoms with Crippen LogP contribution in [0.15, 0.2) is 28.7 Å². The Kier molecular flexibility index (Phi) is 1.15. The van der Waals surface area contributed by atoms with Crippen molar-refractivity contribution in [2.45, 2.75) is 6.92 Å². The molecule has 2 rings (SSSR count). The second-order valence-electron chi connectivity index (χ2n) is 2.69. The molecule has 1 aromatic carbocycles. The molecule has 0 amide bonds. The maximum absolute atomic E-state index is 5.47. The zero-order valence-corrected chi connectivity index (χ0v) is 6.29. The highest BCUT2D eigenvalue weighted by atomic mass is 16.3. The number of hydrogen-bond acceptors (Lipinski definition) is 2. The minimum atomic E-state index is 0.477. The third-order valence-electron chi connectivity index (χ3n) is 1.69. The summed E-state index contributed by atoms with van der Waals surface area (Å²) in [7, 11) is 0. The van der Waals surface area contributed by atoms with Crippen LogP contribution in [0.2, 0.25) is 0 Å². The molecule has 0 saturated carbocycles. The molecule has 0 spiro atoms. The van der Waals surface area contributed by atoms with Gasteiger partial charge < -0.3 is 10.2 Å². The van der Waals surface area contributed by atoms with Crippen LogP contribution in [-0.2, 0) is 0 Å². The topological polar surface area (TPSA) is 39.2 Å². The van der Waals surface area contributed by atoms with E-state index in [4.69, 9.17) is 10.2 Å². The number of hydrogen-bond donors (Lipinski definition) is 1. The third kappa shape index (κ3) is 0.963. The number of furan rings is 1. The van der Waals surface area contributed by atoms with Crippen molar-refractivity contribution in [2.75, 3.05) is 5.73 Å². The lowest BCUT2D eigenvalue weighted by molar-refractivity contribution is 0.637. The molecule has 2 nitrogen and oxygen atoms in total. The van der Waals surface area contributed by atoms with Crippen molar-refractivity contribution in [1.29, 1.82) is 0 Å². The Balaban J connectivity index is 2.82. The van der Waals surface area contributed by atoms with Gasteiger partial charge in [0.1, 0.15) is 5.58 Å². The highest BCUT2D eigenvalue weighted by molar-refractivity contribution is 5.80. The van der Waals surface area contributed by atoms with E-state index in [1.54, 1.807) is 0 Å². The van der Waals surface area contributed by atoms with E-state index in [1.807, 2.05) is 25.1 Å². The smallest absolute Gasteiger partial charge is 0.191 e. The summed E-state index contributed by atoms with van der Waals surface area (Å²) in [5, 5.41) is 1.07. The summed E-state index contributed by atoms with van der Waals surface area (Å²) in [5.74, 6) is 0.477. The van der Waals surface area contributed by atoms with E-state index >= 15 is 0 Å². The number of rotatable bonds is 0. The monoisotopic (exact) mass is 147 g/mol. The van der Waals surface area contributed by atoms with Crippen LogP contribution in [0.1, 0.15) is 5.56 Å². The van der Waals surface area contributed by atoms with Crippen LogP contribution in [0.25, 0.3) is 11.0 Å². The van der Waals surface area contributed by atoms with Gasteiger partial charge in [0.25, 0.3) is 0 Å². The fraction of sp³-hybridized carbons (Fsp3) is 0.111. The fourth-order valence-corrected chi connectivity index (χ4v) is 1.18. The van der Waals surface area contributed by atoms with Crippen LogP contribution < -0.4 is 5.73 Å². The first kappa shape index (κ1) is 6.28. The van der Waals surface area contributed by atoms with E-state index in [1.165, 1.54) is 5.56 Å². The molecule has 2 aromatic rings. The fourth-order valence-electron chi connectivity index (χ4n) is 1.18. The Morgan fingerprint density at radius 2 is 2.09 bits per heavy atom. The number of anilines is 1. The van der Waals surface area contributed by atoms with Crippen molar-refractivity contribution in [3.8, 4) is 0 Å². The molecule has 0 radical (unpaired) electrons. The average molecular weight is 147 g/mol. The van der Waals surface area contributed by atoms with Gasteiger partial charge >= 0.3 is 0 Å². The number of nitrogens with two attached hydrogens (primary N) is 1. The molecule has 0 atom stereocenters. The summed E-state index contributed by atoms with van der Waals surface area (Å²) in [6.07, 6.45) is 0. The number of benzene rings is 1. The van der Waals surface area contributed by atoms with Gasteiger partial charge in [0.05, 0.1) is 0 Å². The Morgan fingerprint density at radius 1 is 1.27 bits per heavy atom. The van der Waals surface area contributed by atoms with Gasteiger partial charge in [-0.2, -0.15) is 0 Å². The van der Waals surface area contributed by atoms with Gasteiger partial charge in [-0.25, -0.2) is 0 Å². The summed E-state index contributed by atoms with van der Waals surface area (Å²) < 4.78 is 5.20. The highest BCUT2D eigenvalue weighted by Crippen LogP contribution is 2.21. The second-order valence-corrected chi connectivity index (χ2v) is 2.69. The zero-order valence-electron chi connectivity index (χ0n) is 6.29. The maximum Gasteiger partial charge on any atom is 0.191 e. The van der Waals surface area contributed by atoms with Crippen molar-refractivity contribution in [3.05, 3.63) is 29.8 Å². The highest BCUT2D eigenvalue weighted by Gasteiger charge is 1.98. The first-order valence-electron chi connectivity index (χ1n) is 3.51. The van der Waals surface area contributed by atoms with Gasteiger partial charge in [0.2, 0.25) is 0 Å². The van der Waals surface area contributed by atoms with Gasteiger partial charge in [0, 0.05) is 11.5 Å². The number of aryl methyl sites for hydroxylation is 1. The molecular weight excluding hydrogens is 138 g/mol. The van der Waals surface area contributed by atoms with Gasteiger partial charge in [0.15, 0.2) is 5.88 Å². The van der Waals surface area contributed by atoms with Crippen molar-refractivity contribution >= 4 is 16.9 Å². The van der Waals surface area contributed by atoms with E-state index < -0.39 is 0 Å². The van der Waals surface area contributed by atoms with Gasteiger partial charge in [-0.3, -0.25) is 0 Å². The predicted octanol–water partition coefficient (Wildman–Crippen LogP) is 2.32. The standard InChI is InChI=1S/C9H9NO/c1-6-2-3-8-7(4-6)5-9(10)11-8/h2-5H,10H2,1H3. The van der Waals surface area contributed by atoms with E-state index in [2.05, 4.69) is 6.07 Å². The second kappa shape index (κ2) is 2.02. The van der Waals surface area contributed by atoms with Crippen LogP contribution in [0.3, 0.4) is 0 Å². The number of fused-ring (bicyclic) bond motifs is 1. The molecule has 11 heavy (non-hydrogen) atoms. The van der Waals surface area contributed by atoms with Crippen LogP contribution >= 0.6 is 0 Å². The normalized spacial score (nSPS) is 10.6. The van der Waals surface area contributed by atoms with Crippen molar-refractivity contribution in [3.63, 3.8) is 0 Å². The molecular formula is C9H9NO. The van der Waals surface area contributed by atoms with Crippen LogP contribution in [0.4, 0.5) is 5.88 Å². The van der Waals surface area contributed by atoms with Crippen LogP contribution in [0.5, 0.6) is 0 Å². The van der Waals surface area contributed by atoms with Crippen molar-refractivity contribution in [1.82, 2.24) is 0 Å². The molecule has 2 heteroatoms. The van der Waals surface area contributed by atoms with E-state index in [0.29, 0.717) is 5.88 Å². The van der Waals surface area contributed by atoms with Crippen molar-refractivity contribution in [2.24, 2.45) is 0 Å². The summed E-state index contributed by atoms with van der Waals surface area (Å²) in [6, 6.07) is 7.82. The lowest BCUT2D eigenvalue weighted by Crippen LogP contribution is -1.75. The quantitative estimate of drug-likeness (QED) is 0.621. The average Bonchev–Trinajstić information content (AvgIpc) is 2.27. The first-order valence-corrected chi connectivity index (χ1v) is 3.51. The van der Waals surface area contributed by atoms with Crippen LogP contribution in [-0.4, -0.2) is 0 Å². The molecule has 1 aromatic heterocycles. The SMILES string of the molecule is Cc1ccc2oc(N)cc2c1. The molecule has 0 aliphatic heterocycles. The molecule has 56 valence electrons. The largest absolute Gasteiger partial charge is 0.441 e. The molecule has 0 aliphatic carbocycles. The molecule has 0 aliphatic rings. The Morgan fingerprint density at radius 3 is 2.91 bits per heavy atom. The molecule has 0 bridgehead atoms. The summed E-state index contributed by atoms with van der Waals surface area (Å²) >= 11 is 0. The lowest BCUT2D eigenvalue weighted by atomic mass is 10.2. The minimum Gasteiger partial charge on any atom is -0.441 e. The minimum absolute atomic E-state index is 0.477. The Labute approximate surface area is 64.6 Å². The van der Waals surface area contributed by atoms with E-state index in [-0.39, 0.29) is 0 Å². The molecule has 2 N–H and O–H groups in total. The van der Waals surface area contributed by atoms with Gasteiger partial charge in [-0.05, 0) is 19.1 Å². The number of nitrogen functional groups attached to an aromatic ring is 1. The van der Waals surface area contributed by atoms with Gasteiger partial charge in [-0.15, -0.1) is 0 Å². The van der Waals surface area contributed by atoms with Gasteiger partial charge in [-0.1, -0.05) is 11.6 Å². The van der Waals surface area contributed by atoms with E-state index in [9.17, 15) is 0 Å². The molecule has 0 unspecified atom stereocenters. The Hall–Kier alpha value is -1.44. The maximum atomic E-state index is 5.47. The van der Waals surface area contributed by atoms with E-state index in [0.717, 1.165) is 11.0 Å². The Bertz CT molecular complexity index is 389. The summed E-state index contributed by atoms with van der Waals surface area (Å²) in [5.41, 5.74) is 7.55. The zero-order chi connectivity index (χ0) is 7.84. The predicted molar refractivity (Wildman–Crippen MR) is 45.4 cm³/mol. The molecule has 1 heterocycles.